The minimum atomic E-state index is -0.549. The maximum Gasteiger partial charge on any atom is 0.229 e. The quantitative estimate of drug-likeness (QED) is 0.212. The third-order valence-electron chi connectivity index (χ3n) is 6.42. The molecule has 1 amide bonds. The first-order valence-corrected chi connectivity index (χ1v) is 14.3. The van der Waals surface area contributed by atoms with Gasteiger partial charge in [-0.3, -0.25) is 9.78 Å². The number of thiocarbonyl (C=S) groups is 1. The molecule has 5 rings (SSSR count). The predicted octanol–water partition coefficient (Wildman–Crippen LogP) is 7.65. The minimum Gasteiger partial charge on any atom is -0.494 e. The van der Waals surface area contributed by atoms with Crippen LogP contribution < -0.4 is 20.3 Å². The molecular formula is C30H29ClN4O3S2. The van der Waals surface area contributed by atoms with Gasteiger partial charge in [0.25, 0.3) is 0 Å². The number of rotatable bonds is 7. The van der Waals surface area contributed by atoms with Gasteiger partial charge in [-0.15, -0.1) is 0 Å². The maximum atomic E-state index is 12.6. The van der Waals surface area contributed by atoms with E-state index in [-0.39, 0.29) is 18.0 Å². The van der Waals surface area contributed by atoms with E-state index in [0.717, 1.165) is 27.1 Å². The Balaban J connectivity index is 1.51. The summed E-state index contributed by atoms with van der Waals surface area (Å²) in [4.78, 5) is 20.3. The number of nitrogens with one attached hydrogen (secondary N) is 2. The number of carbonyl (C=O) groups is 1. The van der Waals surface area contributed by atoms with Crippen LogP contribution in [0.4, 0.5) is 11.4 Å². The van der Waals surface area contributed by atoms with E-state index in [4.69, 9.17) is 33.0 Å². The van der Waals surface area contributed by atoms with Gasteiger partial charge < -0.3 is 24.7 Å². The predicted molar refractivity (Wildman–Crippen MR) is 163 cm³/mol. The molecule has 10 heteroatoms. The third kappa shape index (κ3) is 5.96. The lowest BCUT2D eigenvalue weighted by molar-refractivity contribution is -0.123. The Morgan fingerprint density at radius 2 is 1.90 bits per heavy atom. The Morgan fingerprint density at radius 3 is 2.58 bits per heavy atom. The molecule has 40 heavy (non-hydrogen) atoms. The van der Waals surface area contributed by atoms with Crippen molar-refractivity contribution >= 4 is 58.0 Å². The Bertz CT molecular complexity index is 1520. The number of hydrogen-bond donors (Lipinski definition) is 2. The molecule has 2 aromatic heterocycles. The molecule has 206 valence electrons. The van der Waals surface area contributed by atoms with Crippen LogP contribution in [-0.2, 0) is 4.79 Å². The summed E-state index contributed by atoms with van der Waals surface area (Å²) >= 11 is 13.4. The number of carbonyl (C=O) groups excluding carboxylic acids is 1. The first-order chi connectivity index (χ1) is 19.1. The van der Waals surface area contributed by atoms with Crippen LogP contribution in [0.5, 0.6) is 5.75 Å². The number of hydrogen-bond acceptors (Lipinski definition) is 6. The monoisotopic (exact) mass is 592 g/mol. The van der Waals surface area contributed by atoms with Gasteiger partial charge in [0, 0.05) is 33.3 Å². The van der Waals surface area contributed by atoms with Crippen LogP contribution in [0.25, 0.3) is 0 Å². The fraction of sp³-hybridized carbons (Fsp3) is 0.233. The van der Waals surface area contributed by atoms with Crippen LogP contribution in [0.1, 0.15) is 44.3 Å². The molecule has 0 saturated carbocycles. The zero-order chi connectivity index (χ0) is 28.4. The summed E-state index contributed by atoms with van der Waals surface area (Å²) in [5.74, 6) is 1.14. The summed E-state index contributed by atoms with van der Waals surface area (Å²) < 4.78 is 12.1. The molecule has 2 atom stereocenters. The maximum absolute atomic E-state index is 12.6. The molecule has 0 aliphatic carbocycles. The van der Waals surface area contributed by atoms with Crippen LogP contribution in [0.15, 0.2) is 93.4 Å². The summed E-state index contributed by atoms with van der Waals surface area (Å²) in [5.41, 5.74) is 1.66. The van der Waals surface area contributed by atoms with Crippen molar-refractivity contribution in [1.29, 1.82) is 0 Å². The van der Waals surface area contributed by atoms with Crippen LogP contribution in [-0.4, -0.2) is 23.1 Å². The fourth-order valence-electron chi connectivity index (χ4n) is 4.33. The highest BCUT2D eigenvalue weighted by Crippen LogP contribution is 2.45. The first kappa shape index (κ1) is 28.0. The van der Waals surface area contributed by atoms with Crippen LogP contribution in [0.3, 0.4) is 0 Å². The summed E-state index contributed by atoms with van der Waals surface area (Å²) in [6.45, 7) is 5.59. The first-order valence-electron chi connectivity index (χ1n) is 12.7. The minimum absolute atomic E-state index is 0.105. The molecule has 0 radical (unpaired) electrons. The van der Waals surface area contributed by atoms with Crippen molar-refractivity contribution in [3.63, 3.8) is 0 Å². The van der Waals surface area contributed by atoms with Crippen molar-refractivity contribution in [2.75, 3.05) is 17.3 Å². The molecule has 2 N–H and O–H groups in total. The molecule has 0 unspecified atom stereocenters. The molecule has 1 saturated heterocycles. The topological polar surface area (TPSA) is 79.6 Å². The number of halogens is 1. The molecule has 2 aromatic carbocycles. The van der Waals surface area contributed by atoms with Crippen molar-refractivity contribution in [1.82, 2.24) is 10.3 Å². The molecule has 0 spiro atoms. The van der Waals surface area contributed by atoms with Crippen LogP contribution in [0.2, 0.25) is 5.02 Å². The van der Waals surface area contributed by atoms with Gasteiger partial charge >= 0.3 is 0 Å². The van der Waals surface area contributed by atoms with Crippen molar-refractivity contribution in [2.24, 2.45) is 5.41 Å². The van der Waals surface area contributed by atoms with Crippen LogP contribution in [0, 0.1) is 5.41 Å². The molecule has 1 fully saturated rings. The SMILES string of the molecule is COc1cc(N2C(=S)N[C@@H](c3ccccn3)[C@H]2c2ccc(Sc3ccc(Cl)cc3)o2)ccc1NC(=O)C(C)(C)C. The number of benzene rings is 2. The van der Waals surface area contributed by atoms with Gasteiger partial charge in [0.05, 0.1) is 24.5 Å². The van der Waals surface area contributed by atoms with E-state index in [9.17, 15) is 4.79 Å². The number of methoxy groups -OCH3 is 1. The van der Waals surface area contributed by atoms with Crippen molar-refractivity contribution < 1.29 is 13.9 Å². The number of pyridine rings is 1. The molecule has 1 aliphatic heterocycles. The van der Waals surface area contributed by atoms with E-state index in [1.165, 1.54) is 11.8 Å². The van der Waals surface area contributed by atoms with E-state index in [0.29, 0.717) is 21.6 Å². The van der Waals surface area contributed by atoms with E-state index in [1.54, 1.807) is 13.3 Å². The Labute approximate surface area is 248 Å². The average Bonchev–Trinajstić information content (AvgIpc) is 3.54. The van der Waals surface area contributed by atoms with Gasteiger partial charge in [-0.1, -0.05) is 50.2 Å². The lowest BCUT2D eigenvalue weighted by Gasteiger charge is -2.27. The highest BCUT2D eigenvalue weighted by molar-refractivity contribution is 7.99. The van der Waals surface area contributed by atoms with E-state index in [1.807, 2.05) is 98.5 Å². The molecule has 7 nitrogen and oxygen atoms in total. The van der Waals surface area contributed by atoms with E-state index >= 15 is 0 Å². The van der Waals surface area contributed by atoms with Crippen LogP contribution >= 0.6 is 35.6 Å². The summed E-state index contributed by atoms with van der Waals surface area (Å²) in [7, 11) is 1.58. The lowest BCUT2D eigenvalue weighted by atomic mass is 9.95. The van der Waals surface area contributed by atoms with Gasteiger partial charge in [0.1, 0.15) is 17.6 Å². The lowest BCUT2D eigenvalue weighted by Crippen LogP contribution is -2.30. The fourth-order valence-corrected chi connectivity index (χ4v) is 5.58. The number of nitrogens with zero attached hydrogens (tertiary/aromatic N) is 2. The second-order valence-electron chi connectivity index (χ2n) is 10.3. The number of aromatic nitrogens is 1. The summed E-state index contributed by atoms with van der Waals surface area (Å²) in [6, 6.07) is 22.4. The van der Waals surface area contributed by atoms with Gasteiger partial charge in [0.15, 0.2) is 10.2 Å². The Hall–Kier alpha value is -3.53. The van der Waals surface area contributed by atoms with E-state index in [2.05, 4.69) is 15.6 Å². The summed E-state index contributed by atoms with van der Waals surface area (Å²) in [5, 5.41) is 8.36. The van der Waals surface area contributed by atoms with Gasteiger partial charge in [-0.2, -0.15) is 0 Å². The van der Waals surface area contributed by atoms with Crippen molar-refractivity contribution in [2.45, 2.75) is 42.8 Å². The number of anilines is 2. The van der Waals surface area contributed by atoms with Gasteiger partial charge in [-0.05, 0) is 72.9 Å². The molecule has 0 bridgehead atoms. The van der Waals surface area contributed by atoms with Gasteiger partial charge in [-0.25, -0.2) is 0 Å². The second kappa shape index (κ2) is 11.5. The van der Waals surface area contributed by atoms with Crippen molar-refractivity contribution in [3.05, 3.63) is 95.5 Å². The number of amides is 1. The Kier molecular flexibility index (Phi) is 8.07. The van der Waals surface area contributed by atoms with Crippen molar-refractivity contribution in [3.8, 4) is 5.75 Å². The zero-order valence-electron chi connectivity index (χ0n) is 22.5. The molecule has 4 aromatic rings. The standard InChI is InChI=1S/C30H29ClN4O3S2/c1-30(2,3)28(36)33-21-13-10-19(17-24(21)37-4)35-27(26(34-29(35)39)22-7-5-6-16-32-22)23-14-15-25(38-23)40-20-11-8-18(31)9-12-20/h5-17,26-27H,1-4H3,(H,33,36)(H,34,39)/t26-,27+/m0/s1. The molecule has 3 heterocycles. The molecule has 1 aliphatic rings. The normalized spacial score (nSPS) is 17.0. The molecular weight excluding hydrogens is 564 g/mol. The smallest absolute Gasteiger partial charge is 0.229 e. The highest BCUT2D eigenvalue weighted by atomic mass is 35.5. The average molecular weight is 593 g/mol. The Morgan fingerprint density at radius 1 is 1.12 bits per heavy atom. The highest BCUT2D eigenvalue weighted by Gasteiger charge is 2.43. The third-order valence-corrected chi connectivity index (χ3v) is 7.91. The number of furan rings is 1. The number of ether oxygens (including phenoxy) is 1. The largest absolute Gasteiger partial charge is 0.494 e. The summed E-state index contributed by atoms with van der Waals surface area (Å²) in [6.07, 6.45) is 1.76. The zero-order valence-corrected chi connectivity index (χ0v) is 24.9. The van der Waals surface area contributed by atoms with E-state index < -0.39 is 5.41 Å². The van der Waals surface area contributed by atoms with Gasteiger partial charge in [0.2, 0.25) is 5.91 Å². The second-order valence-corrected chi connectivity index (χ2v) is 12.2.